The molecule has 0 aliphatic heterocycles. The molecule has 0 radical (unpaired) electrons. The van der Waals surface area contributed by atoms with Gasteiger partial charge in [-0.15, -0.1) is 0 Å². The largest absolute Gasteiger partial charge is 0.481 e. The molecule has 146 valence electrons. The number of hydrogen-bond donors (Lipinski definition) is 1. The first-order chi connectivity index (χ1) is 12.9. The van der Waals surface area contributed by atoms with Gasteiger partial charge in [0.25, 0.3) is 0 Å². The number of halogens is 2. The van der Waals surface area contributed by atoms with Crippen LogP contribution in [0.5, 0.6) is 0 Å². The molecule has 1 aromatic carbocycles. The molecule has 0 spiro atoms. The number of benzene rings is 1. The maximum Gasteiger partial charge on any atom is 0.303 e. The number of carboxylic acids is 1. The molecule has 0 amide bonds. The van der Waals surface area contributed by atoms with Crippen molar-refractivity contribution in [3.63, 3.8) is 0 Å². The third-order valence-corrected chi connectivity index (χ3v) is 5.55. The van der Waals surface area contributed by atoms with Gasteiger partial charge >= 0.3 is 5.97 Å². The predicted molar refractivity (Wildman–Crippen MR) is 106 cm³/mol. The van der Waals surface area contributed by atoms with Crippen LogP contribution in [0, 0.1) is 11.8 Å². The maximum atomic E-state index is 12.4. The number of rotatable bonds is 10. The van der Waals surface area contributed by atoms with E-state index in [1.807, 2.05) is 6.08 Å². The quantitative estimate of drug-likeness (QED) is 0.302. The number of allylic oxidation sites excluding steroid dienone is 2. The summed E-state index contributed by atoms with van der Waals surface area (Å²) in [6.07, 6.45) is 9.01. The van der Waals surface area contributed by atoms with Crippen LogP contribution in [0.4, 0.5) is 0 Å². The Hall–Kier alpha value is -1.65. The summed E-state index contributed by atoms with van der Waals surface area (Å²) in [6.45, 7) is 0. The zero-order chi connectivity index (χ0) is 19.8. The van der Waals surface area contributed by atoms with Crippen molar-refractivity contribution in [1.29, 1.82) is 0 Å². The summed E-state index contributed by atoms with van der Waals surface area (Å²) in [4.78, 5) is 35.0. The van der Waals surface area contributed by atoms with Crippen molar-refractivity contribution in [2.24, 2.45) is 11.8 Å². The fourth-order valence-corrected chi connectivity index (χ4v) is 4.03. The Balaban J connectivity index is 1.86. The molecule has 0 saturated heterocycles. The molecule has 0 heterocycles. The smallest absolute Gasteiger partial charge is 0.303 e. The van der Waals surface area contributed by atoms with Crippen LogP contribution in [0.15, 0.2) is 30.4 Å². The van der Waals surface area contributed by atoms with E-state index in [2.05, 4.69) is 0 Å². The number of hydrogen-bond acceptors (Lipinski definition) is 3. The fraction of sp³-hybridized carbons (Fsp3) is 0.476. The van der Waals surface area contributed by atoms with Crippen molar-refractivity contribution >= 4 is 40.7 Å². The second-order valence-electron chi connectivity index (χ2n) is 6.97. The molecule has 1 N–H and O–H groups in total. The van der Waals surface area contributed by atoms with E-state index < -0.39 is 5.97 Å². The number of carbonyl (C=O) groups is 3. The highest BCUT2D eigenvalue weighted by atomic mass is 35.5. The summed E-state index contributed by atoms with van der Waals surface area (Å²) < 4.78 is 0. The monoisotopic (exact) mass is 410 g/mol. The molecule has 1 saturated carbocycles. The molecule has 2 atom stereocenters. The van der Waals surface area contributed by atoms with Crippen LogP contribution >= 0.6 is 23.2 Å². The Morgan fingerprint density at radius 1 is 1.15 bits per heavy atom. The standard InChI is InChI=1S/C21H24Cl2O4/c22-15-9-10-17(18(23)13-15)20(25)12-8-14-7-11-19(24)16(14)5-3-1-2-4-6-21(26)27/h8-10,12-14,16H,1-7,11H2,(H,26,27). The van der Waals surface area contributed by atoms with Gasteiger partial charge in [0.1, 0.15) is 5.78 Å². The van der Waals surface area contributed by atoms with Crippen molar-refractivity contribution in [2.45, 2.75) is 51.4 Å². The van der Waals surface area contributed by atoms with Crippen LogP contribution in [-0.2, 0) is 9.59 Å². The molecule has 1 aliphatic rings. The third kappa shape index (κ3) is 6.78. The molecule has 0 bridgehead atoms. The summed E-state index contributed by atoms with van der Waals surface area (Å²) in [5.74, 6) is -0.673. The Morgan fingerprint density at radius 2 is 1.89 bits per heavy atom. The van der Waals surface area contributed by atoms with Gasteiger partial charge < -0.3 is 5.11 Å². The number of carboxylic acid groups (broad SMARTS) is 1. The average Bonchev–Trinajstić information content (AvgIpc) is 2.95. The molecule has 4 nitrogen and oxygen atoms in total. The second-order valence-corrected chi connectivity index (χ2v) is 7.81. The lowest BCUT2D eigenvalue weighted by Gasteiger charge is -2.14. The Kier molecular flexibility index (Phi) is 8.52. The highest BCUT2D eigenvalue weighted by molar-refractivity contribution is 6.37. The van der Waals surface area contributed by atoms with Crippen LogP contribution in [0.25, 0.3) is 0 Å². The molecule has 6 heteroatoms. The van der Waals surface area contributed by atoms with Crippen molar-refractivity contribution in [1.82, 2.24) is 0 Å². The number of carbonyl (C=O) groups excluding carboxylic acids is 2. The number of unbranched alkanes of at least 4 members (excludes halogenated alkanes) is 3. The highest BCUT2D eigenvalue weighted by Gasteiger charge is 2.32. The molecule has 1 aliphatic carbocycles. The van der Waals surface area contributed by atoms with E-state index in [1.54, 1.807) is 12.1 Å². The predicted octanol–water partition coefficient (Wildman–Crippen LogP) is 5.75. The lowest BCUT2D eigenvalue weighted by atomic mass is 9.89. The first-order valence-electron chi connectivity index (χ1n) is 9.30. The van der Waals surface area contributed by atoms with Gasteiger partial charge in [-0.05, 0) is 49.5 Å². The fourth-order valence-electron chi connectivity index (χ4n) is 3.52. The molecule has 1 aromatic rings. The van der Waals surface area contributed by atoms with Gasteiger partial charge in [0, 0.05) is 29.3 Å². The van der Waals surface area contributed by atoms with Crippen LogP contribution in [0.1, 0.15) is 61.7 Å². The summed E-state index contributed by atoms with van der Waals surface area (Å²) >= 11 is 11.9. The van der Waals surface area contributed by atoms with Gasteiger partial charge in [0.15, 0.2) is 5.78 Å². The number of Topliss-reactive ketones (excluding diaryl/α,β-unsaturated/α-hetero) is 1. The van der Waals surface area contributed by atoms with Crippen LogP contribution in [0.2, 0.25) is 10.0 Å². The molecule has 0 aromatic heterocycles. The zero-order valence-electron chi connectivity index (χ0n) is 15.1. The molecule has 1 fully saturated rings. The minimum Gasteiger partial charge on any atom is -0.481 e. The van der Waals surface area contributed by atoms with Crippen LogP contribution < -0.4 is 0 Å². The van der Waals surface area contributed by atoms with Crippen molar-refractivity contribution in [2.75, 3.05) is 0 Å². The maximum absolute atomic E-state index is 12.4. The van der Waals surface area contributed by atoms with Gasteiger partial charge in [-0.3, -0.25) is 14.4 Å². The van der Waals surface area contributed by atoms with Gasteiger partial charge in [-0.1, -0.05) is 48.5 Å². The number of ketones is 2. The third-order valence-electron chi connectivity index (χ3n) is 5.00. The van der Waals surface area contributed by atoms with Crippen molar-refractivity contribution in [3.8, 4) is 0 Å². The Bertz CT molecular complexity index is 727. The van der Waals surface area contributed by atoms with Crippen molar-refractivity contribution in [3.05, 3.63) is 46.0 Å². The summed E-state index contributed by atoms with van der Waals surface area (Å²) in [7, 11) is 0. The molecule has 2 unspecified atom stereocenters. The van der Waals surface area contributed by atoms with Gasteiger partial charge in [-0.25, -0.2) is 0 Å². The van der Waals surface area contributed by atoms with E-state index >= 15 is 0 Å². The minimum atomic E-state index is -0.767. The van der Waals surface area contributed by atoms with Crippen molar-refractivity contribution < 1.29 is 19.5 Å². The summed E-state index contributed by atoms with van der Waals surface area (Å²) in [5, 5.41) is 9.43. The van der Waals surface area contributed by atoms with E-state index in [1.165, 1.54) is 12.1 Å². The molecule has 2 rings (SSSR count). The van der Waals surface area contributed by atoms with E-state index in [0.717, 1.165) is 32.1 Å². The van der Waals surface area contributed by atoms with E-state index in [4.69, 9.17) is 28.3 Å². The van der Waals surface area contributed by atoms with Crippen LogP contribution in [-0.4, -0.2) is 22.6 Å². The minimum absolute atomic E-state index is 0.0470. The second kappa shape index (κ2) is 10.6. The highest BCUT2D eigenvalue weighted by Crippen LogP contribution is 2.34. The summed E-state index contributed by atoms with van der Waals surface area (Å²) in [5.41, 5.74) is 0.400. The average molecular weight is 411 g/mol. The Labute approximate surface area is 169 Å². The lowest BCUT2D eigenvalue weighted by molar-refractivity contribution is -0.137. The Morgan fingerprint density at radius 3 is 2.59 bits per heavy atom. The first kappa shape index (κ1) is 21.6. The summed E-state index contributed by atoms with van der Waals surface area (Å²) in [6, 6.07) is 4.77. The van der Waals surface area contributed by atoms with E-state index in [9.17, 15) is 14.4 Å². The lowest BCUT2D eigenvalue weighted by Crippen LogP contribution is -2.13. The molecular weight excluding hydrogens is 387 g/mol. The van der Waals surface area contributed by atoms with E-state index in [-0.39, 0.29) is 29.8 Å². The zero-order valence-corrected chi connectivity index (χ0v) is 16.6. The first-order valence-corrected chi connectivity index (χ1v) is 10.1. The van der Waals surface area contributed by atoms with Crippen LogP contribution in [0.3, 0.4) is 0 Å². The van der Waals surface area contributed by atoms with Gasteiger partial charge in [0.05, 0.1) is 5.02 Å². The molecular formula is C21H24Cl2O4. The molecule has 27 heavy (non-hydrogen) atoms. The number of aliphatic carboxylic acids is 1. The normalized spacial score (nSPS) is 19.7. The van der Waals surface area contributed by atoms with Gasteiger partial charge in [0.2, 0.25) is 0 Å². The van der Waals surface area contributed by atoms with E-state index in [0.29, 0.717) is 28.5 Å². The SMILES string of the molecule is O=C(O)CCCCCCC1C(=O)CCC1C=CC(=O)c1ccc(Cl)cc1Cl. The topological polar surface area (TPSA) is 71.4 Å². The van der Waals surface area contributed by atoms with Gasteiger partial charge in [-0.2, -0.15) is 0 Å².